The Morgan fingerprint density at radius 2 is 1.87 bits per heavy atom. The number of carbonyl (C=O) groups excluding carboxylic acids is 4. The van der Waals surface area contributed by atoms with Gasteiger partial charge in [0.15, 0.2) is 11.4 Å². The number of ketones is 2. The maximum absolute atomic E-state index is 13.9. The number of nitrogens with one attached hydrogen (secondary N) is 1. The van der Waals surface area contributed by atoms with Crippen molar-refractivity contribution in [1.29, 1.82) is 0 Å². The van der Waals surface area contributed by atoms with Crippen molar-refractivity contribution in [2.24, 2.45) is 17.6 Å². The minimum Gasteiger partial charge on any atom is -0.508 e. The summed E-state index contributed by atoms with van der Waals surface area (Å²) in [5, 5.41) is 47.6. The molecule has 1 heterocycles. The molecule has 1 aromatic carbocycles. The minimum atomic E-state index is -2.70. The lowest BCUT2D eigenvalue weighted by Crippen LogP contribution is -2.65. The fraction of sp³-hybridized carbons (Fsp3) is 0.481. The number of aliphatic hydroxyl groups excluding tert-OH is 2. The summed E-state index contributed by atoms with van der Waals surface area (Å²) in [6.45, 7) is 2.50. The molecule has 1 saturated carbocycles. The molecule has 39 heavy (non-hydrogen) atoms. The fourth-order valence-electron chi connectivity index (χ4n) is 6.74. The topological polar surface area (TPSA) is 194 Å². The van der Waals surface area contributed by atoms with Crippen molar-refractivity contribution in [2.75, 3.05) is 26.0 Å². The van der Waals surface area contributed by atoms with E-state index in [0.29, 0.717) is 12.1 Å². The van der Waals surface area contributed by atoms with Crippen molar-refractivity contribution in [1.82, 2.24) is 9.80 Å². The lowest BCUT2D eigenvalue weighted by atomic mass is 9.57. The van der Waals surface area contributed by atoms with Crippen molar-refractivity contribution in [3.63, 3.8) is 0 Å². The molecule has 1 aliphatic heterocycles. The normalized spacial score (nSPS) is 30.3. The second-order valence-corrected chi connectivity index (χ2v) is 11.1. The van der Waals surface area contributed by atoms with Gasteiger partial charge in [-0.05, 0) is 64.3 Å². The number of hydrogen-bond acceptors (Lipinski definition) is 9. The minimum absolute atomic E-state index is 0.0118. The van der Waals surface area contributed by atoms with Crippen LogP contribution in [0.2, 0.25) is 0 Å². The summed E-state index contributed by atoms with van der Waals surface area (Å²) in [7, 11) is 3.09. The van der Waals surface area contributed by atoms with Gasteiger partial charge in [0.25, 0.3) is 5.91 Å². The number of fused-ring (bicyclic) bond motifs is 3. The van der Waals surface area contributed by atoms with Gasteiger partial charge in [-0.2, -0.15) is 0 Å². The van der Waals surface area contributed by atoms with E-state index in [2.05, 4.69) is 5.32 Å². The van der Waals surface area contributed by atoms with E-state index in [4.69, 9.17) is 5.73 Å². The third-order valence-electron chi connectivity index (χ3n) is 8.65. The number of primary amides is 1. The van der Waals surface area contributed by atoms with Crippen LogP contribution >= 0.6 is 0 Å². The number of hydrogen-bond donors (Lipinski definition) is 6. The molecule has 5 atom stereocenters. The third-order valence-corrected chi connectivity index (χ3v) is 8.65. The van der Waals surface area contributed by atoms with Crippen molar-refractivity contribution in [2.45, 2.75) is 50.3 Å². The zero-order valence-electron chi connectivity index (χ0n) is 21.9. The summed E-state index contributed by atoms with van der Waals surface area (Å²) in [4.78, 5) is 54.9. The highest BCUT2D eigenvalue weighted by atomic mass is 16.3. The Hall–Kier alpha value is -3.90. The molecular weight excluding hydrogens is 508 g/mol. The summed E-state index contributed by atoms with van der Waals surface area (Å²) in [5.41, 5.74) is 2.01. The molecular formula is C27H32N4O8. The van der Waals surface area contributed by atoms with Crippen LogP contribution in [0.15, 0.2) is 29.0 Å². The maximum atomic E-state index is 13.9. The quantitative estimate of drug-likeness (QED) is 0.239. The van der Waals surface area contributed by atoms with Gasteiger partial charge in [0.2, 0.25) is 5.78 Å². The first kappa shape index (κ1) is 26.7. The molecule has 4 unspecified atom stereocenters. The molecule has 4 aliphatic rings. The Labute approximate surface area is 224 Å². The van der Waals surface area contributed by atoms with Crippen molar-refractivity contribution in [3.05, 3.63) is 40.2 Å². The molecule has 3 aliphatic carbocycles. The number of likely N-dealkylation sites (tertiary alicyclic amines) is 1. The Balaban J connectivity index is 1.60. The highest BCUT2D eigenvalue weighted by molar-refractivity contribution is 6.24. The van der Waals surface area contributed by atoms with Crippen LogP contribution in [0, 0.1) is 11.8 Å². The number of phenols is 1. The van der Waals surface area contributed by atoms with Gasteiger partial charge >= 0.3 is 6.03 Å². The third kappa shape index (κ3) is 3.73. The number of aromatic hydroxyl groups is 1. The van der Waals surface area contributed by atoms with Crippen LogP contribution in [0.3, 0.4) is 0 Å². The molecule has 3 amide bonds. The Morgan fingerprint density at radius 3 is 2.46 bits per heavy atom. The fourth-order valence-corrected chi connectivity index (χ4v) is 6.74. The molecule has 208 valence electrons. The first-order valence-corrected chi connectivity index (χ1v) is 12.9. The second kappa shape index (κ2) is 9.09. The number of aliphatic hydroxyl groups is 3. The number of nitrogens with two attached hydrogens (primary N) is 1. The van der Waals surface area contributed by atoms with Crippen LogP contribution in [0.1, 0.15) is 37.3 Å². The number of rotatable bonds is 3. The molecule has 0 spiro atoms. The largest absolute Gasteiger partial charge is 0.508 e. The number of nitrogens with zero attached hydrogens (tertiary/aromatic N) is 2. The van der Waals surface area contributed by atoms with Crippen molar-refractivity contribution >= 4 is 35.0 Å². The van der Waals surface area contributed by atoms with Crippen LogP contribution in [-0.2, 0) is 20.8 Å². The highest BCUT2D eigenvalue weighted by Gasteiger charge is 2.64. The molecule has 0 bridgehead atoms. The summed E-state index contributed by atoms with van der Waals surface area (Å²) in [6, 6.07) is 1.65. The number of likely N-dealkylation sites (N-methyl/N-ethyl adjacent to an activating group) is 1. The van der Waals surface area contributed by atoms with E-state index < -0.39 is 69.8 Å². The molecule has 7 N–H and O–H groups in total. The first-order chi connectivity index (χ1) is 18.3. The van der Waals surface area contributed by atoms with Crippen molar-refractivity contribution < 1.29 is 39.6 Å². The van der Waals surface area contributed by atoms with Crippen LogP contribution in [0.5, 0.6) is 5.75 Å². The standard InChI is InChI=1S/C27H32N4O8/c1-11-5-4-8-31(11)26(38)29-15-7-6-12-9-13-10-14-19(30(2)3)22(34)18(25(28)37)24(36)27(14,39)23(35)17(13)21(33)16(12)20(15)32/h6-7,11,13-14,19,32-33,36,39H,4-5,8-10H2,1-3H3,(H2,28,37)(H,29,38)/t11-,13?,14?,19?,27?/m0/s1. The Bertz CT molecular complexity index is 1380. The summed E-state index contributed by atoms with van der Waals surface area (Å²) in [6.07, 6.45) is 1.92. The number of amides is 3. The van der Waals surface area contributed by atoms with E-state index in [0.717, 1.165) is 12.8 Å². The van der Waals surface area contributed by atoms with E-state index in [1.807, 2.05) is 6.92 Å². The maximum Gasteiger partial charge on any atom is 0.322 e. The van der Waals surface area contributed by atoms with E-state index in [9.17, 15) is 39.6 Å². The van der Waals surface area contributed by atoms with Gasteiger partial charge in [-0.1, -0.05) is 6.07 Å². The molecule has 5 rings (SSSR count). The predicted octanol–water partition coefficient (Wildman–Crippen LogP) is 0.980. The van der Waals surface area contributed by atoms with Gasteiger partial charge in [-0.15, -0.1) is 0 Å². The number of Topliss-reactive ketones (excluding diaryl/α,β-unsaturated/α-hetero) is 2. The van der Waals surface area contributed by atoms with Crippen molar-refractivity contribution in [3.8, 4) is 5.75 Å². The van der Waals surface area contributed by atoms with Gasteiger partial charge in [0.05, 0.1) is 17.3 Å². The zero-order chi connectivity index (χ0) is 28.5. The smallest absolute Gasteiger partial charge is 0.322 e. The number of carbonyl (C=O) groups is 4. The monoisotopic (exact) mass is 540 g/mol. The van der Waals surface area contributed by atoms with Crippen LogP contribution < -0.4 is 11.1 Å². The average molecular weight is 541 g/mol. The van der Waals surface area contributed by atoms with E-state index in [-0.39, 0.29) is 35.7 Å². The van der Waals surface area contributed by atoms with E-state index in [1.54, 1.807) is 25.1 Å². The van der Waals surface area contributed by atoms with Crippen LogP contribution in [0.4, 0.5) is 10.5 Å². The van der Waals surface area contributed by atoms with E-state index in [1.165, 1.54) is 11.0 Å². The first-order valence-electron chi connectivity index (χ1n) is 12.9. The summed E-state index contributed by atoms with van der Waals surface area (Å²) >= 11 is 0. The summed E-state index contributed by atoms with van der Waals surface area (Å²) in [5.74, 6) is -7.14. The van der Waals surface area contributed by atoms with Gasteiger partial charge in [0.1, 0.15) is 22.8 Å². The molecule has 1 aromatic rings. The Morgan fingerprint density at radius 1 is 1.18 bits per heavy atom. The molecule has 1 saturated heterocycles. The summed E-state index contributed by atoms with van der Waals surface area (Å²) < 4.78 is 0. The lowest BCUT2D eigenvalue weighted by molar-refractivity contribution is -0.153. The molecule has 0 radical (unpaired) electrons. The second-order valence-electron chi connectivity index (χ2n) is 11.1. The van der Waals surface area contributed by atoms with Gasteiger partial charge < -0.3 is 36.4 Å². The van der Waals surface area contributed by atoms with Gasteiger partial charge in [0, 0.05) is 24.1 Å². The van der Waals surface area contributed by atoms with E-state index >= 15 is 0 Å². The number of phenolic OH excluding ortho intramolecular Hbond substituents is 1. The number of urea groups is 1. The lowest BCUT2D eigenvalue weighted by Gasteiger charge is -2.50. The number of benzene rings is 1. The average Bonchev–Trinajstić information content (AvgIpc) is 3.28. The molecule has 0 aromatic heterocycles. The van der Waals surface area contributed by atoms with Crippen LogP contribution in [-0.4, -0.2) is 92.1 Å². The van der Waals surface area contributed by atoms with Gasteiger partial charge in [-0.25, -0.2) is 4.79 Å². The van der Waals surface area contributed by atoms with Crippen LogP contribution in [0.25, 0.3) is 5.76 Å². The Kier molecular flexibility index (Phi) is 6.22. The number of anilines is 1. The zero-order valence-corrected chi connectivity index (χ0v) is 21.9. The SMILES string of the molecule is C[C@H]1CCCN1C(=O)Nc1ccc2c(c1O)C(O)=C1C(=O)C3(O)C(O)=C(C(N)=O)C(=O)C(N(C)C)C3CC1C2. The molecule has 12 nitrogen and oxygen atoms in total. The molecule has 12 heteroatoms. The molecule has 2 fully saturated rings. The predicted molar refractivity (Wildman–Crippen MR) is 139 cm³/mol. The highest BCUT2D eigenvalue weighted by Crippen LogP contribution is 2.53. The van der Waals surface area contributed by atoms with Gasteiger partial charge in [-0.3, -0.25) is 19.3 Å².